The maximum Gasteiger partial charge on any atom is 0.271 e. The van der Waals surface area contributed by atoms with Crippen LogP contribution in [0.15, 0.2) is 22.7 Å². The standard InChI is InChI=1S/C10H12BrN3O2/c1-13-12-9-3-2-7(11)6-8(9)10(16)14(13)4-5-15/h2-3,6,12,15H,4-5H2,1H3. The van der Waals surface area contributed by atoms with Gasteiger partial charge in [-0.2, -0.15) is 0 Å². The molecule has 1 heterocycles. The van der Waals surface area contributed by atoms with Crippen LogP contribution >= 0.6 is 15.9 Å². The molecule has 1 aromatic carbocycles. The third-order valence-corrected chi connectivity index (χ3v) is 2.90. The second-order valence-corrected chi connectivity index (χ2v) is 4.39. The fourth-order valence-electron chi connectivity index (χ4n) is 1.65. The second-order valence-electron chi connectivity index (χ2n) is 3.48. The van der Waals surface area contributed by atoms with Crippen LogP contribution in [0.5, 0.6) is 0 Å². The molecule has 1 aliphatic heterocycles. The Hall–Kier alpha value is -1.11. The summed E-state index contributed by atoms with van der Waals surface area (Å²) in [7, 11) is 1.73. The Labute approximate surface area is 102 Å². The predicted molar refractivity (Wildman–Crippen MR) is 63.7 cm³/mol. The molecular weight excluding hydrogens is 274 g/mol. The van der Waals surface area contributed by atoms with Crippen LogP contribution in [-0.4, -0.2) is 41.3 Å². The minimum absolute atomic E-state index is 0.0684. The Morgan fingerprint density at radius 3 is 2.94 bits per heavy atom. The van der Waals surface area contributed by atoms with E-state index >= 15 is 0 Å². The number of benzene rings is 1. The van der Waals surface area contributed by atoms with Gasteiger partial charge < -0.3 is 10.5 Å². The summed E-state index contributed by atoms with van der Waals surface area (Å²) in [6.45, 7) is 0.204. The van der Waals surface area contributed by atoms with Gasteiger partial charge in [0.2, 0.25) is 0 Å². The molecule has 0 unspecified atom stereocenters. The highest BCUT2D eigenvalue weighted by Gasteiger charge is 2.27. The molecule has 86 valence electrons. The van der Waals surface area contributed by atoms with E-state index in [2.05, 4.69) is 21.4 Å². The fourth-order valence-corrected chi connectivity index (χ4v) is 2.01. The SMILES string of the molecule is CN1Nc2ccc(Br)cc2C(=O)N1CCO. The van der Waals surface area contributed by atoms with Crippen molar-refractivity contribution in [3.05, 3.63) is 28.2 Å². The highest BCUT2D eigenvalue weighted by atomic mass is 79.9. The smallest absolute Gasteiger partial charge is 0.271 e. The first-order chi connectivity index (χ1) is 7.63. The number of aliphatic hydroxyl groups excluding tert-OH is 1. The van der Waals surface area contributed by atoms with Crippen molar-refractivity contribution in [2.75, 3.05) is 25.6 Å². The van der Waals surface area contributed by atoms with Gasteiger partial charge in [0.15, 0.2) is 0 Å². The summed E-state index contributed by atoms with van der Waals surface area (Å²) in [5, 5.41) is 11.9. The van der Waals surface area contributed by atoms with Crippen molar-refractivity contribution in [1.82, 2.24) is 10.1 Å². The van der Waals surface area contributed by atoms with Crippen molar-refractivity contribution in [3.8, 4) is 0 Å². The Morgan fingerprint density at radius 1 is 1.50 bits per heavy atom. The molecule has 1 aromatic rings. The number of carbonyl (C=O) groups excluding carboxylic acids is 1. The van der Waals surface area contributed by atoms with Crippen LogP contribution in [0.2, 0.25) is 0 Å². The quantitative estimate of drug-likeness (QED) is 0.854. The number of carbonyl (C=O) groups is 1. The Kier molecular flexibility index (Phi) is 3.13. The summed E-state index contributed by atoms with van der Waals surface area (Å²) in [6, 6.07) is 5.47. The van der Waals surface area contributed by atoms with Crippen LogP contribution in [0.4, 0.5) is 5.69 Å². The maximum atomic E-state index is 12.1. The van der Waals surface area contributed by atoms with Crippen molar-refractivity contribution in [1.29, 1.82) is 0 Å². The minimum atomic E-state index is -0.119. The van der Waals surface area contributed by atoms with E-state index in [1.165, 1.54) is 5.01 Å². The lowest BCUT2D eigenvalue weighted by Crippen LogP contribution is -2.51. The van der Waals surface area contributed by atoms with Gasteiger partial charge in [0.25, 0.3) is 5.91 Å². The van der Waals surface area contributed by atoms with E-state index in [1.807, 2.05) is 12.1 Å². The highest BCUT2D eigenvalue weighted by Crippen LogP contribution is 2.26. The molecule has 6 heteroatoms. The highest BCUT2D eigenvalue weighted by molar-refractivity contribution is 9.10. The zero-order valence-electron chi connectivity index (χ0n) is 8.77. The summed E-state index contributed by atoms with van der Waals surface area (Å²) in [5.74, 6) is -0.119. The average molecular weight is 286 g/mol. The largest absolute Gasteiger partial charge is 0.394 e. The van der Waals surface area contributed by atoms with Gasteiger partial charge in [0.05, 0.1) is 24.4 Å². The van der Waals surface area contributed by atoms with E-state index in [9.17, 15) is 4.79 Å². The first-order valence-electron chi connectivity index (χ1n) is 4.86. The van der Waals surface area contributed by atoms with Crippen LogP contribution in [0, 0.1) is 0 Å². The van der Waals surface area contributed by atoms with Gasteiger partial charge in [-0.05, 0) is 18.2 Å². The van der Waals surface area contributed by atoms with Crippen molar-refractivity contribution in [3.63, 3.8) is 0 Å². The van der Waals surface area contributed by atoms with Crippen molar-refractivity contribution >= 4 is 27.5 Å². The molecule has 16 heavy (non-hydrogen) atoms. The van der Waals surface area contributed by atoms with Crippen LogP contribution in [0.1, 0.15) is 10.4 Å². The molecule has 1 aliphatic rings. The van der Waals surface area contributed by atoms with Gasteiger partial charge in [0, 0.05) is 11.5 Å². The summed E-state index contributed by atoms with van der Waals surface area (Å²) in [4.78, 5) is 12.1. The molecule has 0 aliphatic carbocycles. The van der Waals surface area contributed by atoms with E-state index in [1.54, 1.807) is 18.2 Å². The fraction of sp³-hybridized carbons (Fsp3) is 0.300. The third-order valence-electron chi connectivity index (χ3n) is 2.40. The van der Waals surface area contributed by atoms with Crippen LogP contribution in [0.25, 0.3) is 0 Å². The van der Waals surface area contributed by atoms with Crippen molar-refractivity contribution in [2.24, 2.45) is 0 Å². The first kappa shape index (κ1) is 11.4. The third kappa shape index (κ3) is 1.91. The van der Waals surface area contributed by atoms with E-state index in [0.29, 0.717) is 5.56 Å². The molecule has 2 rings (SSSR count). The number of nitrogens with zero attached hydrogens (tertiary/aromatic N) is 2. The monoisotopic (exact) mass is 285 g/mol. The second kappa shape index (κ2) is 4.40. The van der Waals surface area contributed by atoms with Gasteiger partial charge in [-0.15, -0.1) is 5.12 Å². The molecule has 0 radical (unpaired) electrons. The van der Waals surface area contributed by atoms with Crippen LogP contribution < -0.4 is 5.43 Å². The first-order valence-corrected chi connectivity index (χ1v) is 5.65. The Balaban J connectivity index is 2.38. The number of amides is 1. The topological polar surface area (TPSA) is 55.8 Å². The Morgan fingerprint density at radius 2 is 2.25 bits per heavy atom. The average Bonchev–Trinajstić information content (AvgIpc) is 2.26. The number of hydrogen-bond acceptors (Lipinski definition) is 4. The predicted octanol–water partition coefficient (Wildman–Crippen LogP) is 1.07. The van der Waals surface area contributed by atoms with E-state index in [-0.39, 0.29) is 19.1 Å². The molecule has 5 nitrogen and oxygen atoms in total. The van der Waals surface area contributed by atoms with Crippen molar-refractivity contribution in [2.45, 2.75) is 0 Å². The van der Waals surface area contributed by atoms with Crippen molar-refractivity contribution < 1.29 is 9.90 Å². The molecule has 2 N–H and O–H groups in total. The van der Waals surface area contributed by atoms with Crippen LogP contribution in [0.3, 0.4) is 0 Å². The van der Waals surface area contributed by atoms with Gasteiger partial charge >= 0.3 is 0 Å². The molecule has 0 bridgehead atoms. The molecule has 0 fully saturated rings. The molecule has 0 saturated heterocycles. The summed E-state index contributed by atoms with van der Waals surface area (Å²) in [6.07, 6.45) is 0. The van der Waals surface area contributed by atoms with Gasteiger partial charge in [0.1, 0.15) is 0 Å². The molecule has 0 saturated carbocycles. The Bertz CT molecular complexity index is 425. The van der Waals surface area contributed by atoms with Gasteiger partial charge in [-0.1, -0.05) is 15.9 Å². The zero-order valence-corrected chi connectivity index (χ0v) is 10.4. The molecule has 0 aromatic heterocycles. The maximum absolute atomic E-state index is 12.1. The number of fused-ring (bicyclic) bond motifs is 1. The number of anilines is 1. The lowest BCUT2D eigenvalue weighted by atomic mass is 10.1. The number of β-amino-alcohol motifs (C(OH)–C–C–N with tert-alkyl or cyclic N) is 1. The molecule has 0 atom stereocenters. The molecule has 0 spiro atoms. The number of halogens is 1. The molecular formula is C10H12BrN3O2. The number of hydrogen-bond donors (Lipinski definition) is 2. The lowest BCUT2D eigenvalue weighted by molar-refractivity contribution is 0.00736. The van der Waals surface area contributed by atoms with Crippen LogP contribution in [-0.2, 0) is 0 Å². The minimum Gasteiger partial charge on any atom is -0.394 e. The van der Waals surface area contributed by atoms with Gasteiger partial charge in [-0.25, -0.2) is 0 Å². The number of aliphatic hydroxyl groups is 1. The number of nitrogens with one attached hydrogen (secondary N) is 1. The van der Waals surface area contributed by atoms with Gasteiger partial charge in [-0.3, -0.25) is 9.80 Å². The van der Waals surface area contributed by atoms with E-state index in [0.717, 1.165) is 10.2 Å². The summed E-state index contributed by atoms with van der Waals surface area (Å²) >= 11 is 3.33. The molecule has 1 amide bonds. The summed E-state index contributed by atoms with van der Waals surface area (Å²) < 4.78 is 0.856. The van der Waals surface area contributed by atoms with E-state index in [4.69, 9.17) is 5.11 Å². The number of rotatable bonds is 2. The lowest BCUT2D eigenvalue weighted by Gasteiger charge is -2.37. The van der Waals surface area contributed by atoms with E-state index < -0.39 is 0 Å². The number of hydrazine groups is 2. The summed E-state index contributed by atoms with van der Waals surface area (Å²) in [5.41, 5.74) is 4.43. The normalized spacial score (nSPS) is 15.9. The zero-order chi connectivity index (χ0) is 11.7.